The maximum absolute atomic E-state index is 12.1. The number of rotatable bonds is 7. The molecule has 1 N–H and O–H groups in total. The van der Waals surface area contributed by atoms with Crippen molar-refractivity contribution in [1.82, 2.24) is 5.32 Å². The minimum Gasteiger partial charge on any atom is -0.497 e. The number of carbonyl (C=O) groups is 1. The Hall–Kier alpha value is -1.22. The molecule has 4 heteroatoms. The fraction of sp³-hybridized carbons (Fsp3) is 0.533. The smallest absolute Gasteiger partial charge is 0.224 e. The van der Waals surface area contributed by atoms with Gasteiger partial charge in [0.05, 0.1) is 19.1 Å². The summed E-state index contributed by atoms with van der Waals surface area (Å²) in [6, 6.07) is 7.54. The molecule has 0 fully saturated rings. The van der Waals surface area contributed by atoms with E-state index in [4.69, 9.17) is 16.3 Å². The molecule has 0 aliphatic heterocycles. The summed E-state index contributed by atoms with van der Waals surface area (Å²) in [5, 5.41) is 3.05. The molecule has 19 heavy (non-hydrogen) atoms. The minimum atomic E-state index is -0.294. The topological polar surface area (TPSA) is 38.3 Å². The van der Waals surface area contributed by atoms with Gasteiger partial charge in [0.25, 0.3) is 0 Å². The van der Waals surface area contributed by atoms with Crippen molar-refractivity contribution in [3.05, 3.63) is 29.8 Å². The number of amides is 1. The second kappa shape index (κ2) is 7.39. The van der Waals surface area contributed by atoms with Crippen molar-refractivity contribution in [3.63, 3.8) is 0 Å². The predicted molar refractivity (Wildman–Crippen MR) is 78.9 cm³/mol. The van der Waals surface area contributed by atoms with Gasteiger partial charge in [-0.1, -0.05) is 26.0 Å². The van der Waals surface area contributed by atoms with Crippen LogP contribution < -0.4 is 10.1 Å². The number of ether oxygens (including phenoxy) is 1. The zero-order chi connectivity index (χ0) is 14.3. The first-order chi connectivity index (χ1) is 9.09. The lowest BCUT2D eigenvalue weighted by Crippen LogP contribution is -2.49. The second-order valence-electron chi connectivity index (χ2n) is 4.70. The van der Waals surface area contributed by atoms with Crippen molar-refractivity contribution in [1.29, 1.82) is 0 Å². The molecule has 106 valence electrons. The highest BCUT2D eigenvalue weighted by molar-refractivity contribution is 6.18. The summed E-state index contributed by atoms with van der Waals surface area (Å²) >= 11 is 5.98. The van der Waals surface area contributed by atoms with Gasteiger partial charge in [0.15, 0.2) is 0 Å². The molecule has 0 saturated carbocycles. The van der Waals surface area contributed by atoms with Crippen molar-refractivity contribution in [3.8, 4) is 5.75 Å². The molecule has 0 atom stereocenters. The van der Waals surface area contributed by atoms with E-state index in [1.807, 2.05) is 38.1 Å². The number of methoxy groups -OCH3 is 1. The Labute approximate surface area is 120 Å². The third kappa shape index (κ3) is 4.43. The van der Waals surface area contributed by atoms with Gasteiger partial charge in [-0.25, -0.2) is 0 Å². The van der Waals surface area contributed by atoms with Gasteiger partial charge >= 0.3 is 0 Å². The highest BCUT2D eigenvalue weighted by Gasteiger charge is 2.26. The van der Waals surface area contributed by atoms with Crippen LogP contribution in [0.3, 0.4) is 0 Å². The van der Waals surface area contributed by atoms with Crippen molar-refractivity contribution in [2.24, 2.45) is 0 Å². The van der Waals surface area contributed by atoms with Gasteiger partial charge in [0.2, 0.25) is 5.91 Å². The van der Waals surface area contributed by atoms with E-state index in [0.29, 0.717) is 12.3 Å². The number of benzene rings is 1. The fourth-order valence-corrected chi connectivity index (χ4v) is 2.40. The Kier molecular flexibility index (Phi) is 6.16. The highest BCUT2D eigenvalue weighted by Crippen LogP contribution is 2.18. The Morgan fingerprint density at radius 1 is 1.37 bits per heavy atom. The zero-order valence-corrected chi connectivity index (χ0v) is 12.6. The largest absolute Gasteiger partial charge is 0.497 e. The number of hydrogen-bond acceptors (Lipinski definition) is 2. The van der Waals surface area contributed by atoms with Crippen LogP contribution in [-0.4, -0.2) is 24.4 Å². The number of alkyl halides is 1. The van der Waals surface area contributed by atoms with Gasteiger partial charge in [-0.2, -0.15) is 0 Å². The van der Waals surface area contributed by atoms with Gasteiger partial charge < -0.3 is 10.1 Å². The summed E-state index contributed by atoms with van der Waals surface area (Å²) in [6.07, 6.45) is 2.00. The van der Waals surface area contributed by atoms with Crippen LogP contribution in [0.4, 0.5) is 0 Å². The summed E-state index contributed by atoms with van der Waals surface area (Å²) in [4.78, 5) is 12.1. The molecule has 0 spiro atoms. The first kappa shape index (κ1) is 15.8. The van der Waals surface area contributed by atoms with E-state index in [-0.39, 0.29) is 11.4 Å². The fourth-order valence-electron chi connectivity index (χ4n) is 1.96. The standard InChI is InChI=1S/C15H22ClNO2/c1-4-15(5-2,11-16)17-14(18)10-12-7-6-8-13(9-12)19-3/h6-9H,4-5,10-11H2,1-3H3,(H,17,18). The van der Waals surface area contributed by atoms with Gasteiger partial charge in [-0.15, -0.1) is 11.6 Å². The normalized spacial score (nSPS) is 11.2. The Morgan fingerprint density at radius 3 is 2.58 bits per heavy atom. The van der Waals surface area contributed by atoms with Crippen molar-refractivity contribution in [2.45, 2.75) is 38.6 Å². The summed E-state index contributed by atoms with van der Waals surface area (Å²) in [5.74, 6) is 1.20. The van der Waals surface area contributed by atoms with Crippen LogP contribution in [0.1, 0.15) is 32.3 Å². The molecule has 0 saturated heterocycles. The van der Waals surface area contributed by atoms with E-state index in [0.717, 1.165) is 24.2 Å². The third-order valence-corrected chi connectivity index (χ3v) is 4.02. The zero-order valence-electron chi connectivity index (χ0n) is 11.8. The molecule has 0 radical (unpaired) electrons. The van der Waals surface area contributed by atoms with Gasteiger partial charge in [0, 0.05) is 5.88 Å². The van der Waals surface area contributed by atoms with Crippen LogP contribution >= 0.6 is 11.6 Å². The Morgan fingerprint density at radius 2 is 2.05 bits per heavy atom. The quantitative estimate of drug-likeness (QED) is 0.781. The molecule has 0 aromatic heterocycles. The lowest BCUT2D eigenvalue weighted by Gasteiger charge is -2.30. The maximum Gasteiger partial charge on any atom is 0.224 e. The van der Waals surface area contributed by atoms with E-state index in [1.165, 1.54) is 0 Å². The second-order valence-corrected chi connectivity index (χ2v) is 4.96. The average Bonchev–Trinajstić information content (AvgIpc) is 2.45. The first-order valence-corrected chi connectivity index (χ1v) is 7.12. The van der Waals surface area contributed by atoms with Crippen LogP contribution in [0.15, 0.2) is 24.3 Å². The number of hydrogen-bond donors (Lipinski definition) is 1. The van der Waals surface area contributed by atoms with Crippen LogP contribution in [0.5, 0.6) is 5.75 Å². The molecule has 1 rings (SSSR count). The van der Waals surface area contributed by atoms with E-state index in [2.05, 4.69) is 5.32 Å². The molecular formula is C15H22ClNO2. The van der Waals surface area contributed by atoms with Crippen LogP contribution in [0, 0.1) is 0 Å². The molecular weight excluding hydrogens is 262 g/mol. The van der Waals surface area contributed by atoms with Crippen molar-refractivity contribution in [2.75, 3.05) is 13.0 Å². The maximum atomic E-state index is 12.1. The first-order valence-electron chi connectivity index (χ1n) is 6.59. The lowest BCUT2D eigenvalue weighted by molar-refractivity contribution is -0.122. The van der Waals surface area contributed by atoms with Gasteiger partial charge in [-0.05, 0) is 30.5 Å². The van der Waals surface area contributed by atoms with Crippen molar-refractivity contribution >= 4 is 17.5 Å². The number of carbonyl (C=O) groups excluding carboxylic acids is 1. The molecule has 0 unspecified atom stereocenters. The van der Waals surface area contributed by atoms with E-state index >= 15 is 0 Å². The van der Waals surface area contributed by atoms with E-state index in [9.17, 15) is 4.79 Å². The SMILES string of the molecule is CCC(CC)(CCl)NC(=O)Cc1cccc(OC)c1. The lowest BCUT2D eigenvalue weighted by atomic mass is 9.95. The van der Waals surface area contributed by atoms with E-state index in [1.54, 1.807) is 7.11 Å². The van der Waals surface area contributed by atoms with Crippen molar-refractivity contribution < 1.29 is 9.53 Å². The molecule has 1 aromatic carbocycles. The average molecular weight is 284 g/mol. The van der Waals surface area contributed by atoms with E-state index < -0.39 is 0 Å². The minimum absolute atomic E-state index is 0.00222. The highest BCUT2D eigenvalue weighted by atomic mass is 35.5. The van der Waals surface area contributed by atoms with Gasteiger partial charge in [-0.3, -0.25) is 4.79 Å². The summed E-state index contributed by atoms with van der Waals surface area (Å²) in [6.45, 7) is 4.08. The summed E-state index contributed by atoms with van der Waals surface area (Å²) in [5.41, 5.74) is 0.643. The number of nitrogens with one attached hydrogen (secondary N) is 1. The third-order valence-electron chi connectivity index (χ3n) is 3.51. The molecule has 1 amide bonds. The summed E-state index contributed by atoms with van der Waals surface area (Å²) in [7, 11) is 1.62. The van der Waals surface area contributed by atoms with Crippen LogP contribution in [0.25, 0.3) is 0 Å². The molecule has 0 aliphatic rings. The Bertz CT molecular complexity index is 408. The Balaban J connectivity index is 2.68. The number of halogens is 1. The monoisotopic (exact) mass is 283 g/mol. The molecule has 1 aromatic rings. The van der Waals surface area contributed by atoms with Crippen LogP contribution in [0.2, 0.25) is 0 Å². The summed E-state index contributed by atoms with van der Waals surface area (Å²) < 4.78 is 5.15. The molecule has 0 aliphatic carbocycles. The molecule has 0 heterocycles. The van der Waals surface area contributed by atoms with Gasteiger partial charge in [0.1, 0.15) is 5.75 Å². The van der Waals surface area contributed by atoms with Crippen LogP contribution in [-0.2, 0) is 11.2 Å². The molecule has 3 nitrogen and oxygen atoms in total. The predicted octanol–water partition coefficient (Wildman–Crippen LogP) is 3.15. The molecule has 0 bridgehead atoms.